The van der Waals surface area contributed by atoms with Crippen molar-refractivity contribution in [2.45, 2.75) is 5.92 Å². The largest absolute Gasteiger partial charge is 0.315 e. The number of carbonyl (C=O) groups excluding carboxylic acids is 1. The van der Waals surface area contributed by atoms with Gasteiger partial charge in [0.05, 0.1) is 10.6 Å². The van der Waals surface area contributed by atoms with Gasteiger partial charge in [-0.1, -0.05) is 17.7 Å². The van der Waals surface area contributed by atoms with E-state index < -0.39 is 5.82 Å². The van der Waals surface area contributed by atoms with Gasteiger partial charge in [-0.2, -0.15) is 0 Å². The molecular formula is C11H9ClFNO. The van der Waals surface area contributed by atoms with Crippen LogP contribution in [0, 0.1) is 11.7 Å². The molecule has 0 aromatic heterocycles. The standard InChI is InChI=1S/C11H9ClFNO/c12-8-2-1-5-6-3-14-4-7(6)11(15)9(5)10(8)13/h1-2,6-7,14H,3-4H2. The highest BCUT2D eigenvalue weighted by atomic mass is 35.5. The molecule has 15 heavy (non-hydrogen) atoms. The fraction of sp³-hybridized carbons (Fsp3) is 0.364. The normalized spacial score (nSPS) is 28.0. The van der Waals surface area contributed by atoms with Gasteiger partial charge in [-0.25, -0.2) is 4.39 Å². The molecule has 0 amide bonds. The van der Waals surface area contributed by atoms with Crippen LogP contribution in [0.3, 0.4) is 0 Å². The lowest BCUT2D eigenvalue weighted by Gasteiger charge is -2.06. The van der Waals surface area contributed by atoms with Gasteiger partial charge in [-0.15, -0.1) is 0 Å². The van der Waals surface area contributed by atoms with Crippen molar-refractivity contribution in [2.75, 3.05) is 13.1 Å². The van der Waals surface area contributed by atoms with E-state index in [0.717, 1.165) is 12.1 Å². The summed E-state index contributed by atoms with van der Waals surface area (Å²) in [6, 6.07) is 3.31. The third-order valence-electron chi connectivity index (χ3n) is 3.32. The third-order valence-corrected chi connectivity index (χ3v) is 3.62. The maximum absolute atomic E-state index is 13.7. The monoisotopic (exact) mass is 225 g/mol. The minimum absolute atomic E-state index is 0.0371. The fourth-order valence-electron chi connectivity index (χ4n) is 2.59. The van der Waals surface area contributed by atoms with Crippen LogP contribution in [0.4, 0.5) is 4.39 Å². The summed E-state index contributed by atoms with van der Waals surface area (Å²) >= 11 is 5.67. The lowest BCUT2D eigenvalue weighted by molar-refractivity contribution is 0.0936. The predicted molar refractivity (Wildman–Crippen MR) is 54.8 cm³/mol. The van der Waals surface area contributed by atoms with E-state index in [2.05, 4.69) is 5.32 Å². The Balaban J connectivity index is 2.23. The molecule has 0 bridgehead atoms. The van der Waals surface area contributed by atoms with Crippen LogP contribution < -0.4 is 5.32 Å². The second kappa shape index (κ2) is 3.03. The second-order valence-electron chi connectivity index (χ2n) is 4.06. The summed E-state index contributed by atoms with van der Waals surface area (Å²) in [5.74, 6) is -0.596. The number of halogens is 2. The molecule has 1 heterocycles. The van der Waals surface area contributed by atoms with E-state index in [1.807, 2.05) is 0 Å². The number of hydrogen-bond donors (Lipinski definition) is 1. The van der Waals surface area contributed by atoms with Crippen molar-refractivity contribution < 1.29 is 9.18 Å². The zero-order chi connectivity index (χ0) is 10.6. The lowest BCUT2D eigenvalue weighted by atomic mass is 9.96. The molecule has 1 aliphatic carbocycles. The van der Waals surface area contributed by atoms with Crippen molar-refractivity contribution in [1.82, 2.24) is 5.32 Å². The lowest BCUT2D eigenvalue weighted by Crippen LogP contribution is -2.16. The highest BCUT2D eigenvalue weighted by Gasteiger charge is 2.44. The Hall–Kier alpha value is -0.930. The van der Waals surface area contributed by atoms with Gasteiger partial charge in [0, 0.05) is 24.9 Å². The van der Waals surface area contributed by atoms with E-state index >= 15 is 0 Å². The van der Waals surface area contributed by atoms with Gasteiger partial charge in [0.15, 0.2) is 11.6 Å². The first-order valence-electron chi connectivity index (χ1n) is 4.93. The van der Waals surface area contributed by atoms with Crippen LogP contribution in [0.1, 0.15) is 21.8 Å². The van der Waals surface area contributed by atoms with Crippen LogP contribution in [-0.4, -0.2) is 18.9 Å². The molecule has 2 nitrogen and oxygen atoms in total. The van der Waals surface area contributed by atoms with Crippen LogP contribution in [-0.2, 0) is 0 Å². The van der Waals surface area contributed by atoms with Crippen LogP contribution in [0.5, 0.6) is 0 Å². The first-order valence-corrected chi connectivity index (χ1v) is 5.31. The molecule has 1 aliphatic heterocycles. The number of ketones is 1. The maximum Gasteiger partial charge on any atom is 0.171 e. The summed E-state index contributed by atoms with van der Waals surface area (Å²) in [6.07, 6.45) is 0. The van der Waals surface area contributed by atoms with Crippen molar-refractivity contribution in [3.63, 3.8) is 0 Å². The highest BCUT2D eigenvalue weighted by molar-refractivity contribution is 6.31. The Labute approximate surface area is 91.4 Å². The summed E-state index contributed by atoms with van der Waals surface area (Å²) in [5, 5.41) is 3.19. The number of benzene rings is 1. The summed E-state index contributed by atoms with van der Waals surface area (Å²) in [4.78, 5) is 11.9. The van der Waals surface area contributed by atoms with E-state index in [1.165, 1.54) is 6.07 Å². The summed E-state index contributed by atoms with van der Waals surface area (Å²) in [5.41, 5.74) is 1.04. The van der Waals surface area contributed by atoms with Gasteiger partial charge in [-0.05, 0) is 11.6 Å². The zero-order valence-corrected chi connectivity index (χ0v) is 8.64. The molecule has 1 N–H and O–H groups in total. The second-order valence-corrected chi connectivity index (χ2v) is 4.47. The van der Waals surface area contributed by atoms with Gasteiger partial charge >= 0.3 is 0 Å². The summed E-state index contributed by atoms with van der Waals surface area (Å²) < 4.78 is 13.7. The van der Waals surface area contributed by atoms with Crippen LogP contribution in [0.15, 0.2) is 12.1 Å². The molecular weight excluding hydrogens is 217 g/mol. The van der Waals surface area contributed by atoms with Gasteiger partial charge in [-0.3, -0.25) is 4.79 Å². The SMILES string of the molecule is O=C1c2c(ccc(Cl)c2F)C2CNCC12. The van der Waals surface area contributed by atoms with Crippen molar-refractivity contribution in [3.8, 4) is 0 Å². The Morgan fingerprint density at radius 1 is 1.33 bits per heavy atom. The van der Waals surface area contributed by atoms with Crippen LogP contribution in [0.2, 0.25) is 5.02 Å². The molecule has 0 spiro atoms. The fourth-order valence-corrected chi connectivity index (χ4v) is 2.75. The summed E-state index contributed by atoms with van der Waals surface area (Å²) in [6.45, 7) is 1.40. The molecule has 4 heteroatoms. The zero-order valence-electron chi connectivity index (χ0n) is 7.89. The molecule has 0 saturated carbocycles. The Morgan fingerprint density at radius 2 is 2.07 bits per heavy atom. The Morgan fingerprint density at radius 3 is 2.87 bits per heavy atom. The van der Waals surface area contributed by atoms with Gasteiger partial charge in [0.2, 0.25) is 0 Å². The number of rotatable bonds is 0. The van der Waals surface area contributed by atoms with Gasteiger partial charge < -0.3 is 5.32 Å². The molecule has 3 rings (SSSR count). The quantitative estimate of drug-likeness (QED) is 0.732. The smallest absolute Gasteiger partial charge is 0.171 e. The van der Waals surface area contributed by atoms with E-state index in [4.69, 9.17) is 11.6 Å². The number of Topliss-reactive ketones (excluding diaryl/α,β-unsaturated/α-hetero) is 1. The minimum Gasteiger partial charge on any atom is -0.315 e. The molecule has 1 saturated heterocycles. The molecule has 1 aromatic rings. The average Bonchev–Trinajstić information content (AvgIpc) is 2.76. The molecule has 78 valence electrons. The minimum atomic E-state index is -0.548. The van der Waals surface area contributed by atoms with Crippen molar-refractivity contribution in [2.24, 2.45) is 5.92 Å². The van der Waals surface area contributed by atoms with E-state index in [1.54, 1.807) is 6.07 Å². The Kier molecular flexibility index (Phi) is 1.88. The average molecular weight is 226 g/mol. The number of hydrogen-bond acceptors (Lipinski definition) is 2. The van der Waals surface area contributed by atoms with Gasteiger partial charge in [0.25, 0.3) is 0 Å². The third kappa shape index (κ3) is 1.11. The van der Waals surface area contributed by atoms with Crippen molar-refractivity contribution >= 4 is 17.4 Å². The van der Waals surface area contributed by atoms with E-state index in [-0.39, 0.29) is 28.2 Å². The molecule has 0 radical (unpaired) electrons. The first kappa shape index (κ1) is 9.31. The number of carbonyl (C=O) groups is 1. The van der Waals surface area contributed by atoms with Gasteiger partial charge in [0.1, 0.15) is 0 Å². The topological polar surface area (TPSA) is 29.1 Å². The number of fused-ring (bicyclic) bond motifs is 3. The summed E-state index contributed by atoms with van der Waals surface area (Å²) in [7, 11) is 0. The van der Waals surface area contributed by atoms with E-state index in [0.29, 0.717) is 6.54 Å². The van der Waals surface area contributed by atoms with Crippen LogP contribution in [0.25, 0.3) is 0 Å². The van der Waals surface area contributed by atoms with Crippen LogP contribution >= 0.6 is 11.6 Å². The molecule has 1 aromatic carbocycles. The molecule has 2 aliphatic rings. The predicted octanol–water partition coefficient (Wildman–Crippen LogP) is 1.98. The van der Waals surface area contributed by atoms with Crippen molar-refractivity contribution in [1.29, 1.82) is 0 Å². The molecule has 1 fully saturated rings. The Bertz CT molecular complexity index is 460. The van der Waals surface area contributed by atoms with E-state index in [9.17, 15) is 9.18 Å². The molecule has 2 unspecified atom stereocenters. The molecule has 2 atom stereocenters. The number of nitrogens with one attached hydrogen (secondary N) is 1. The first-order chi connectivity index (χ1) is 7.20. The highest BCUT2D eigenvalue weighted by Crippen LogP contribution is 2.42. The maximum atomic E-state index is 13.7. The van der Waals surface area contributed by atoms with Crippen molar-refractivity contribution in [3.05, 3.63) is 34.1 Å².